The minimum absolute atomic E-state index is 0.0402. The van der Waals surface area contributed by atoms with E-state index >= 15 is 0 Å². The zero-order valence-electron chi connectivity index (χ0n) is 15.1. The van der Waals surface area contributed by atoms with Gasteiger partial charge in [0.2, 0.25) is 5.75 Å². The molecule has 0 bridgehead atoms. The van der Waals surface area contributed by atoms with Crippen LogP contribution in [0, 0.1) is 0 Å². The van der Waals surface area contributed by atoms with Crippen LogP contribution in [0.5, 0.6) is 17.2 Å². The normalized spacial score (nSPS) is 10.0. The minimum atomic E-state index is -1.15. The summed E-state index contributed by atoms with van der Waals surface area (Å²) >= 11 is 0. The smallest absolute Gasteiger partial charge is 0.335 e. The van der Waals surface area contributed by atoms with Gasteiger partial charge in [-0.1, -0.05) is 12.1 Å². The Morgan fingerprint density at radius 3 is 2.15 bits per heavy atom. The summed E-state index contributed by atoms with van der Waals surface area (Å²) in [6.45, 7) is 1.06. The van der Waals surface area contributed by atoms with Crippen molar-refractivity contribution in [1.29, 1.82) is 0 Å². The molecule has 2 aromatic rings. The monoisotopic (exact) mass is 373 g/mol. The van der Waals surface area contributed by atoms with E-state index in [0.717, 1.165) is 0 Å². The van der Waals surface area contributed by atoms with Crippen LogP contribution in [0.3, 0.4) is 0 Å². The summed E-state index contributed by atoms with van der Waals surface area (Å²) in [5.74, 6) is -1.38. The average Bonchev–Trinajstić information content (AvgIpc) is 2.65. The number of benzene rings is 2. The Labute approximate surface area is 155 Å². The number of nitrogens with one attached hydrogen (secondary N) is 1. The SMILES string of the molecule is COc1cc(C(=O)O)cc(OC)c1OCC(=O)Nc1cccc(C(C)=O)c1. The Balaban J connectivity index is 2.13. The number of aromatic carboxylic acids is 1. The zero-order chi connectivity index (χ0) is 20.0. The van der Waals surface area contributed by atoms with Crippen molar-refractivity contribution in [3.05, 3.63) is 47.5 Å². The number of carboxylic acids is 1. The number of carboxylic acid groups (broad SMARTS) is 1. The number of ketones is 1. The maximum Gasteiger partial charge on any atom is 0.335 e. The van der Waals surface area contributed by atoms with Crippen LogP contribution < -0.4 is 19.5 Å². The fourth-order valence-electron chi connectivity index (χ4n) is 2.30. The largest absolute Gasteiger partial charge is 0.493 e. The summed E-state index contributed by atoms with van der Waals surface area (Å²) in [7, 11) is 2.70. The van der Waals surface area contributed by atoms with Crippen LogP contribution in [0.25, 0.3) is 0 Å². The molecule has 0 radical (unpaired) electrons. The predicted octanol–water partition coefficient (Wildman–Crippen LogP) is 2.62. The third kappa shape index (κ3) is 4.97. The molecule has 0 aliphatic rings. The van der Waals surface area contributed by atoms with E-state index in [9.17, 15) is 14.4 Å². The molecule has 142 valence electrons. The van der Waals surface area contributed by atoms with E-state index in [-0.39, 0.29) is 35.2 Å². The second kappa shape index (κ2) is 8.70. The number of carbonyl (C=O) groups excluding carboxylic acids is 2. The highest BCUT2D eigenvalue weighted by atomic mass is 16.5. The molecule has 0 aromatic heterocycles. The topological polar surface area (TPSA) is 111 Å². The van der Waals surface area contributed by atoms with E-state index in [1.807, 2.05) is 0 Å². The molecule has 0 unspecified atom stereocenters. The van der Waals surface area contributed by atoms with Crippen molar-refractivity contribution < 1.29 is 33.7 Å². The van der Waals surface area contributed by atoms with E-state index in [1.165, 1.54) is 33.3 Å². The van der Waals surface area contributed by atoms with Crippen LogP contribution in [0.2, 0.25) is 0 Å². The van der Waals surface area contributed by atoms with Crippen LogP contribution in [0.4, 0.5) is 5.69 Å². The number of amides is 1. The Morgan fingerprint density at radius 1 is 1.00 bits per heavy atom. The quantitative estimate of drug-likeness (QED) is 0.684. The molecule has 0 aliphatic heterocycles. The summed E-state index contributed by atoms with van der Waals surface area (Å²) < 4.78 is 15.7. The Morgan fingerprint density at radius 2 is 1.63 bits per heavy atom. The van der Waals surface area contributed by atoms with Gasteiger partial charge in [-0.2, -0.15) is 0 Å². The summed E-state index contributed by atoms with van der Waals surface area (Å²) in [6, 6.07) is 9.05. The van der Waals surface area contributed by atoms with Gasteiger partial charge in [-0.05, 0) is 31.2 Å². The third-order valence-electron chi connectivity index (χ3n) is 3.61. The zero-order valence-corrected chi connectivity index (χ0v) is 15.1. The first-order valence-electron chi connectivity index (χ1n) is 7.88. The second-order valence-electron chi connectivity index (χ2n) is 5.49. The maximum absolute atomic E-state index is 12.1. The van der Waals surface area contributed by atoms with Crippen LogP contribution in [0.1, 0.15) is 27.6 Å². The molecule has 8 nitrogen and oxygen atoms in total. The van der Waals surface area contributed by atoms with Gasteiger partial charge in [0, 0.05) is 11.3 Å². The van der Waals surface area contributed by atoms with Crippen molar-refractivity contribution in [2.45, 2.75) is 6.92 Å². The molecule has 0 saturated heterocycles. The van der Waals surface area contributed by atoms with Crippen molar-refractivity contribution >= 4 is 23.3 Å². The fourth-order valence-corrected chi connectivity index (χ4v) is 2.30. The number of anilines is 1. The molecule has 27 heavy (non-hydrogen) atoms. The number of hydrogen-bond acceptors (Lipinski definition) is 6. The number of hydrogen-bond donors (Lipinski definition) is 2. The summed E-state index contributed by atoms with van der Waals surface area (Å²) in [6.07, 6.45) is 0. The van der Waals surface area contributed by atoms with Crippen LogP contribution in [-0.2, 0) is 4.79 Å². The van der Waals surface area contributed by atoms with Crippen LogP contribution in [0.15, 0.2) is 36.4 Å². The van der Waals surface area contributed by atoms with Gasteiger partial charge in [0.15, 0.2) is 23.9 Å². The van der Waals surface area contributed by atoms with Gasteiger partial charge >= 0.3 is 5.97 Å². The van der Waals surface area contributed by atoms with Gasteiger partial charge in [0.1, 0.15) is 0 Å². The van der Waals surface area contributed by atoms with Crippen molar-refractivity contribution in [3.63, 3.8) is 0 Å². The maximum atomic E-state index is 12.1. The van der Waals surface area contributed by atoms with E-state index < -0.39 is 11.9 Å². The molecular formula is C19H19NO7. The van der Waals surface area contributed by atoms with Gasteiger partial charge in [-0.25, -0.2) is 4.79 Å². The van der Waals surface area contributed by atoms with Gasteiger partial charge in [-0.3, -0.25) is 9.59 Å². The average molecular weight is 373 g/mol. The number of Topliss-reactive ketones (excluding diaryl/α,β-unsaturated/α-hetero) is 1. The predicted molar refractivity (Wildman–Crippen MR) is 97.1 cm³/mol. The fraction of sp³-hybridized carbons (Fsp3) is 0.211. The molecule has 0 heterocycles. The van der Waals surface area contributed by atoms with Crippen LogP contribution in [-0.4, -0.2) is 43.6 Å². The lowest BCUT2D eigenvalue weighted by molar-refractivity contribution is -0.118. The summed E-state index contributed by atoms with van der Waals surface area (Å²) in [5, 5.41) is 11.7. The highest BCUT2D eigenvalue weighted by molar-refractivity contribution is 5.97. The van der Waals surface area contributed by atoms with E-state index in [1.54, 1.807) is 24.3 Å². The highest BCUT2D eigenvalue weighted by Gasteiger charge is 2.18. The number of methoxy groups -OCH3 is 2. The molecule has 1 amide bonds. The molecule has 0 spiro atoms. The second-order valence-corrected chi connectivity index (χ2v) is 5.49. The van der Waals surface area contributed by atoms with Gasteiger partial charge in [-0.15, -0.1) is 0 Å². The van der Waals surface area contributed by atoms with E-state index in [4.69, 9.17) is 19.3 Å². The van der Waals surface area contributed by atoms with Crippen molar-refractivity contribution in [2.24, 2.45) is 0 Å². The molecule has 0 saturated carbocycles. The summed E-state index contributed by atoms with van der Waals surface area (Å²) in [5.41, 5.74) is 0.888. The molecule has 2 rings (SSSR count). The first-order valence-corrected chi connectivity index (χ1v) is 7.88. The molecule has 8 heteroatoms. The molecule has 0 aliphatic carbocycles. The lowest BCUT2D eigenvalue weighted by Crippen LogP contribution is -2.20. The van der Waals surface area contributed by atoms with Crippen molar-refractivity contribution in [2.75, 3.05) is 26.1 Å². The van der Waals surface area contributed by atoms with E-state index in [2.05, 4.69) is 5.32 Å². The Hall–Kier alpha value is -3.55. The number of rotatable bonds is 8. The van der Waals surface area contributed by atoms with Gasteiger partial charge in [0.05, 0.1) is 19.8 Å². The first kappa shape index (κ1) is 19.8. The lowest BCUT2D eigenvalue weighted by atomic mass is 10.1. The summed E-state index contributed by atoms with van der Waals surface area (Å²) in [4.78, 5) is 34.7. The van der Waals surface area contributed by atoms with E-state index in [0.29, 0.717) is 11.3 Å². The molecule has 0 atom stereocenters. The standard InChI is InChI=1S/C19H19NO7/c1-11(21)12-5-4-6-14(7-12)20-17(22)10-27-18-15(25-2)8-13(19(23)24)9-16(18)26-3/h4-9H,10H2,1-3H3,(H,20,22)(H,23,24). The molecule has 2 N–H and O–H groups in total. The number of ether oxygens (including phenoxy) is 3. The van der Waals surface area contributed by atoms with Crippen molar-refractivity contribution in [1.82, 2.24) is 0 Å². The first-order chi connectivity index (χ1) is 12.8. The lowest BCUT2D eigenvalue weighted by Gasteiger charge is -2.15. The minimum Gasteiger partial charge on any atom is -0.493 e. The molecule has 0 fully saturated rings. The van der Waals surface area contributed by atoms with Crippen LogP contribution >= 0.6 is 0 Å². The Kier molecular flexibility index (Phi) is 6.37. The van der Waals surface area contributed by atoms with Gasteiger partial charge < -0.3 is 24.6 Å². The Bertz CT molecular complexity index is 851. The highest BCUT2D eigenvalue weighted by Crippen LogP contribution is 2.38. The molecular weight excluding hydrogens is 354 g/mol. The molecule has 2 aromatic carbocycles. The number of carbonyl (C=O) groups is 3. The van der Waals surface area contributed by atoms with Crippen molar-refractivity contribution in [3.8, 4) is 17.2 Å². The third-order valence-corrected chi connectivity index (χ3v) is 3.61. The van der Waals surface area contributed by atoms with Gasteiger partial charge in [0.25, 0.3) is 5.91 Å².